The molecule has 3 aromatic carbocycles. The molecular formula is C78H119F6LiO11S3. The number of alkyl halides is 6. The third kappa shape index (κ3) is 19.5. The number of fused-ring (bicyclic) bond motifs is 10. The molecule has 0 aromatic heterocycles. The zero-order valence-electron chi connectivity index (χ0n) is 58.4. The van der Waals surface area contributed by atoms with E-state index < -0.39 is 88.7 Å². The first-order valence-electron chi connectivity index (χ1n) is 34.7. The smallest absolute Gasteiger partial charge is 0.390 e. The van der Waals surface area contributed by atoms with Crippen LogP contribution >= 0.6 is 0 Å². The van der Waals surface area contributed by atoms with Crippen LogP contribution in [-0.2, 0) is 34.0 Å². The van der Waals surface area contributed by atoms with E-state index in [4.69, 9.17) is 5.11 Å². The summed E-state index contributed by atoms with van der Waals surface area (Å²) in [6.45, 7) is 19.9. The van der Waals surface area contributed by atoms with E-state index in [1.165, 1.54) is 79.6 Å². The first kappa shape index (κ1) is 88.4. The summed E-state index contributed by atoms with van der Waals surface area (Å²) in [6.07, 6.45) is 12.5. The summed E-state index contributed by atoms with van der Waals surface area (Å²) in [7, 11) is -11.7. The van der Waals surface area contributed by atoms with Crippen molar-refractivity contribution in [2.75, 3.05) is 12.4 Å². The van der Waals surface area contributed by atoms with E-state index in [0.717, 1.165) is 101 Å². The van der Waals surface area contributed by atoms with Crippen molar-refractivity contribution in [1.82, 2.24) is 0 Å². The Morgan fingerprint density at radius 1 is 0.576 bits per heavy atom. The molecule has 11 nitrogen and oxygen atoms in total. The first-order chi connectivity index (χ1) is 44.0. The van der Waals surface area contributed by atoms with Gasteiger partial charge in [0.15, 0.2) is 30.9 Å². The Bertz CT molecular complexity index is 3490. The molecule has 1 unspecified atom stereocenters. The first-order valence-corrected chi connectivity index (χ1v) is 39.3. The van der Waals surface area contributed by atoms with Crippen LogP contribution in [0.25, 0.3) is 0 Å². The molecule has 11 rings (SSSR count). The van der Waals surface area contributed by atoms with Gasteiger partial charge in [-0.2, -0.15) is 41.2 Å². The van der Waals surface area contributed by atoms with Gasteiger partial charge < -0.3 is 27.3 Å². The van der Waals surface area contributed by atoms with Crippen molar-refractivity contribution in [3.05, 3.63) is 121 Å². The molecule has 0 bridgehead atoms. The van der Waals surface area contributed by atoms with E-state index in [0.29, 0.717) is 60.2 Å². The number of unbranched alkanes of at least 4 members (excludes halogenated alkanes) is 1. The zero-order chi connectivity index (χ0) is 70.3. The molecular weight excluding hydrogens is 1330 g/mol. The summed E-state index contributed by atoms with van der Waals surface area (Å²) < 4.78 is 160. The van der Waals surface area contributed by atoms with Crippen LogP contribution in [0.3, 0.4) is 0 Å². The van der Waals surface area contributed by atoms with E-state index in [1.54, 1.807) is 37.3 Å². The summed E-state index contributed by atoms with van der Waals surface area (Å²) in [6, 6.07) is 22.1. The van der Waals surface area contributed by atoms with Crippen molar-refractivity contribution < 1.29 is 95.1 Å². The number of halogens is 6. The summed E-state index contributed by atoms with van der Waals surface area (Å²) in [5.74, 6) is 5.16. The molecule has 0 saturated heterocycles. The van der Waals surface area contributed by atoms with Gasteiger partial charge in [-0.25, -0.2) is 16.8 Å². The van der Waals surface area contributed by atoms with Crippen molar-refractivity contribution in [3.8, 4) is 0 Å². The van der Waals surface area contributed by atoms with Crippen molar-refractivity contribution in [2.45, 2.75) is 268 Å². The van der Waals surface area contributed by atoms with E-state index in [2.05, 4.69) is 51.0 Å². The summed E-state index contributed by atoms with van der Waals surface area (Å²) in [5, 5.41) is 39.5. The topological polar surface area (TPSA) is 193 Å². The minimum Gasteiger partial charge on any atom is -0.390 e. The molecule has 4 N–H and O–H groups in total. The third-order valence-corrected chi connectivity index (χ3v) is 30.1. The van der Waals surface area contributed by atoms with Gasteiger partial charge in [-0.3, -0.25) is 4.18 Å². The van der Waals surface area contributed by atoms with Gasteiger partial charge >= 0.3 is 31.2 Å². The number of benzene rings is 3. The average Bonchev–Trinajstić information content (AvgIpc) is 1.61. The van der Waals surface area contributed by atoms with Crippen LogP contribution < -0.4 is 18.9 Å². The fourth-order valence-electron chi connectivity index (χ4n) is 19.2. The molecule has 99 heavy (non-hydrogen) atoms. The van der Waals surface area contributed by atoms with Gasteiger partial charge in [-0.05, 0) is 256 Å². The number of aryl methyl sites for hydroxylation is 1. The Morgan fingerprint density at radius 2 is 0.990 bits per heavy atom. The summed E-state index contributed by atoms with van der Waals surface area (Å²) >= 11 is 0. The van der Waals surface area contributed by atoms with Gasteiger partial charge in [0.25, 0.3) is 10.1 Å². The van der Waals surface area contributed by atoms with E-state index in [9.17, 15) is 66.9 Å². The van der Waals surface area contributed by atoms with Gasteiger partial charge in [0.1, 0.15) is 6.61 Å². The SMILES string of the molecule is C.C.C.C[C@H](C(C[C@](C)(O)C(F)(F)F)S(=O)(=O)c1ccccc1)[C@H]1CC[C@H]2[C@@H]3CC=C4C[C@@](C)(O)CC[C@@H]4[C@H]3CC[C@]12C.C[C@H](CS(=O)(=O)c1ccccc1)[C@H]1CC[C@H]2[C@@H]3CC=C4C[C@@](C)(O)CC[C@@H]4[C@H]3CC[C@]12C.Cc1ccc(S(=O)(=O)OC[C@](C)(O)C(F)(F)F)cc1.[CH2-]CCC.[Li+]. The standard InChI is InChI=1S/C32H45F3O4S.C28H40O3S.C11H13F3O4S.C4H9.3CH4.Li/c1-20(28(19-31(4,37)32(33,34)35)40(38,39)22-8-6-5-7-9-22)26-12-13-27-25-11-10-21-18-29(2,36)16-14-23(21)24(25)15-17-30(26,27)3;1-19(18-32(30,31)21-7-5-4-6-8-21)25-11-12-26-24-10-9-20-17-27(2,29)15-13-22(20)23(24)14-16-28(25,26)3;1-8-3-5-9(6-4-8)19(16,17)18-7-10(2,15)11(12,13)14;1-3-4-2;;;;/h5-10,20,23-28,36-37H,11-19H2,1-4H3;4-9,19,22-26,29H,10-18H2,1-3H3;3-6,15H,7H2,1-2H3;1,3-4H2,2H3;3*1H4;/q;;;-1;;;;+1/t20-,23-,24+,25+,26+,27-,28?,29-,30+,31-;19-,22+,23-,24-,25-,26+,27+,28-;10-;;;;;/m010...../s1. The fourth-order valence-corrected chi connectivity index (χ4v) is 24.0. The summed E-state index contributed by atoms with van der Waals surface area (Å²) in [4.78, 5) is 0.204. The second-order valence-electron chi connectivity index (χ2n) is 31.4. The van der Waals surface area contributed by atoms with E-state index in [1.807, 2.05) is 39.0 Å². The van der Waals surface area contributed by atoms with Crippen molar-refractivity contribution >= 4 is 29.8 Å². The Morgan fingerprint density at radius 3 is 1.41 bits per heavy atom. The van der Waals surface area contributed by atoms with Crippen LogP contribution in [0.15, 0.2) is 123 Å². The van der Waals surface area contributed by atoms with Crippen LogP contribution in [0.4, 0.5) is 26.3 Å². The molecule has 558 valence electrons. The number of hydrogen-bond acceptors (Lipinski definition) is 11. The summed E-state index contributed by atoms with van der Waals surface area (Å²) in [5.41, 5.74) is -3.68. The van der Waals surface area contributed by atoms with Crippen molar-refractivity contribution in [3.63, 3.8) is 0 Å². The molecule has 21 heteroatoms. The normalized spacial score (nSPS) is 32.9. The molecule has 0 radical (unpaired) electrons. The van der Waals surface area contributed by atoms with Crippen LogP contribution in [0.1, 0.15) is 212 Å². The largest absolute Gasteiger partial charge is 1.00 e. The Hall–Kier alpha value is -3.03. The molecule has 0 heterocycles. The fraction of sp³-hybridized carbons (Fsp3) is 0.705. The van der Waals surface area contributed by atoms with Gasteiger partial charge in [0, 0.05) is 6.42 Å². The number of hydrogen-bond donors (Lipinski definition) is 4. The van der Waals surface area contributed by atoms with Crippen LogP contribution in [0, 0.1) is 95.7 Å². The average molecular weight is 1450 g/mol. The van der Waals surface area contributed by atoms with Crippen LogP contribution in [-0.4, -0.2) is 98.0 Å². The molecule has 0 amide bonds. The zero-order valence-corrected chi connectivity index (χ0v) is 60.9. The Labute approximate surface area is 604 Å². The molecule has 3 aromatic rings. The van der Waals surface area contributed by atoms with E-state index >= 15 is 0 Å². The number of allylic oxidation sites excluding steroid dienone is 2. The second-order valence-corrected chi connectivity index (χ2v) is 37.3. The molecule has 6 fully saturated rings. The molecule has 8 aliphatic rings. The Kier molecular flexibility index (Phi) is 30.0. The van der Waals surface area contributed by atoms with Crippen LogP contribution in [0.5, 0.6) is 0 Å². The molecule has 19 atom stereocenters. The van der Waals surface area contributed by atoms with Gasteiger partial charge in [-0.1, -0.05) is 141 Å². The minimum atomic E-state index is -4.98. The number of rotatable bonds is 15. The van der Waals surface area contributed by atoms with Gasteiger partial charge in [0.2, 0.25) is 0 Å². The predicted octanol–water partition coefficient (Wildman–Crippen LogP) is 15.7. The molecule has 6 saturated carbocycles. The van der Waals surface area contributed by atoms with E-state index in [-0.39, 0.29) is 79.4 Å². The second kappa shape index (κ2) is 33.6. The third-order valence-electron chi connectivity index (χ3n) is 24.5. The minimum absolute atomic E-state index is 0. The number of aliphatic hydroxyl groups is 4. The van der Waals surface area contributed by atoms with Crippen molar-refractivity contribution in [1.29, 1.82) is 0 Å². The quantitative estimate of drug-likeness (QED) is 0.0372. The van der Waals surface area contributed by atoms with Crippen molar-refractivity contribution in [2.24, 2.45) is 81.8 Å². The monoisotopic (exact) mass is 1450 g/mol. The van der Waals surface area contributed by atoms with Gasteiger partial charge in [-0.15, -0.1) is 0 Å². The maximum Gasteiger partial charge on any atom is 1.00 e. The predicted molar refractivity (Wildman–Crippen MR) is 379 cm³/mol. The van der Waals surface area contributed by atoms with Gasteiger partial charge in [0.05, 0.1) is 36.9 Å². The number of sulfone groups is 2. The van der Waals surface area contributed by atoms with Crippen LogP contribution in [0.2, 0.25) is 0 Å². The molecule has 0 spiro atoms. The molecule has 8 aliphatic carbocycles. The Balaban J connectivity index is 0.000000317. The maximum absolute atomic E-state index is 13.9. The molecule has 0 aliphatic heterocycles. The maximum atomic E-state index is 13.9.